The van der Waals surface area contributed by atoms with Crippen LogP contribution in [0.5, 0.6) is 0 Å². The summed E-state index contributed by atoms with van der Waals surface area (Å²) in [7, 11) is 0. The molecule has 0 saturated carbocycles. The Hall–Kier alpha value is -4.18. The molecule has 0 aromatic heterocycles. The fourth-order valence-electron chi connectivity index (χ4n) is 5.72. The smallest absolute Gasteiger partial charge is 0.189 e. The van der Waals surface area contributed by atoms with E-state index in [2.05, 4.69) is 0 Å². The van der Waals surface area contributed by atoms with E-state index < -0.39 is 36.9 Å². The average molecular weight is 646 g/mol. The highest BCUT2D eigenvalue weighted by Crippen LogP contribution is 2.33. The lowest BCUT2D eigenvalue weighted by molar-refractivity contribution is -0.337. The molecule has 48 heavy (non-hydrogen) atoms. The first kappa shape index (κ1) is 33.7. The van der Waals surface area contributed by atoms with E-state index >= 15 is 0 Å². The number of nitrogens with two attached hydrogens (primary N) is 1. The Morgan fingerprint density at radius 2 is 0.875 bits per heavy atom. The third kappa shape index (κ3) is 9.69. The van der Waals surface area contributed by atoms with Gasteiger partial charge in [0.2, 0.25) is 0 Å². The molecule has 7 heteroatoms. The Bertz CT molecular complexity index is 1590. The van der Waals surface area contributed by atoms with Gasteiger partial charge in [0.1, 0.15) is 30.6 Å². The van der Waals surface area contributed by atoms with Crippen molar-refractivity contribution in [2.75, 3.05) is 6.61 Å². The van der Waals surface area contributed by atoms with Crippen LogP contribution in [0.1, 0.15) is 34.0 Å². The van der Waals surface area contributed by atoms with Crippen LogP contribution < -0.4 is 5.73 Å². The zero-order valence-electron chi connectivity index (χ0n) is 27.0. The molecule has 0 aliphatic carbocycles. The first-order valence-corrected chi connectivity index (χ1v) is 16.4. The van der Waals surface area contributed by atoms with Gasteiger partial charge < -0.3 is 34.2 Å². The van der Waals surface area contributed by atoms with Crippen LogP contribution in [0.15, 0.2) is 152 Å². The Balaban J connectivity index is 1.31. The zero-order chi connectivity index (χ0) is 32.8. The molecule has 5 aromatic rings. The SMILES string of the molecule is N[C@H](O[C@@H]1O[C@H](COCc2ccccc2)[C@@H](OCc2ccccc2)[C@H](OCc2ccccc2)[C@H]1OCc1ccccc1)c1ccccc1. The van der Waals surface area contributed by atoms with Crippen LogP contribution in [0.25, 0.3) is 0 Å². The van der Waals surface area contributed by atoms with Gasteiger partial charge in [0.05, 0.1) is 33.0 Å². The normalized spacial score (nSPS) is 21.5. The fourth-order valence-corrected chi connectivity index (χ4v) is 5.72. The quantitative estimate of drug-likeness (QED) is 0.112. The molecule has 0 bridgehead atoms. The zero-order valence-corrected chi connectivity index (χ0v) is 27.0. The summed E-state index contributed by atoms with van der Waals surface area (Å²) in [6.45, 7) is 1.68. The molecule has 1 saturated heterocycles. The van der Waals surface area contributed by atoms with Crippen LogP contribution >= 0.6 is 0 Å². The molecule has 6 atom stereocenters. The van der Waals surface area contributed by atoms with Gasteiger partial charge in [-0.2, -0.15) is 0 Å². The number of rotatable bonds is 16. The second-order valence-corrected chi connectivity index (χ2v) is 11.8. The molecule has 248 valence electrons. The number of ether oxygens (including phenoxy) is 6. The molecule has 6 rings (SSSR count). The highest BCUT2D eigenvalue weighted by Gasteiger charge is 2.49. The number of benzene rings is 5. The molecular weight excluding hydrogens is 602 g/mol. The summed E-state index contributed by atoms with van der Waals surface area (Å²) in [5.74, 6) is 0. The van der Waals surface area contributed by atoms with Gasteiger partial charge in [-0.05, 0) is 27.8 Å². The van der Waals surface area contributed by atoms with E-state index in [1.165, 1.54) is 0 Å². The molecule has 1 fully saturated rings. The molecule has 1 aliphatic rings. The minimum atomic E-state index is -0.883. The maximum absolute atomic E-state index is 6.78. The van der Waals surface area contributed by atoms with E-state index in [0.29, 0.717) is 26.4 Å². The summed E-state index contributed by atoms with van der Waals surface area (Å²) in [5.41, 5.74) is 11.6. The molecule has 0 amide bonds. The van der Waals surface area contributed by atoms with E-state index in [9.17, 15) is 0 Å². The minimum Gasteiger partial charge on any atom is -0.374 e. The van der Waals surface area contributed by atoms with Crippen LogP contribution in [-0.2, 0) is 54.8 Å². The molecule has 7 nitrogen and oxygen atoms in total. The summed E-state index contributed by atoms with van der Waals surface area (Å²) >= 11 is 0. The van der Waals surface area contributed by atoms with Gasteiger partial charge in [0.25, 0.3) is 0 Å². The molecule has 0 spiro atoms. The average Bonchev–Trinajstić information content (AvgIpc) is 3.15. The summed E-state index contributed by atoms with van der Waals surface area (Å²) < 4.78 is 39.7. The van der Waals surface area contributed by atoms with E-state index in [4.69, 9.17) is 34.2 Å². The van der Waals surface area contributed by atoms with Crippen LogP contribution in [0, 0.1) is 0 Å². The van der Waals surface area contributed by atoms with Gasteiger partial charge in [-0.25, -0.2) is 0 Å². The molecule has 0 radical (unpaired) electrons. The van der Waals surface area contributed by atoms with Crippen molar-refractivity contribution in [3.05, 3.63) is 179 Å². The first-order chi connectivity index (χ1) is 23.7. The molecule has 1 heterocycles. The van der Waals surface area contributed by atoms with E-state index in [-0.39, 0.29) is 6.61 Å². The van der Waals surface area contributed by atoms with Crippen molar-refractivity contribution in [2.45, 2.75) is 63.4 Å². The monoisotopic (exact) mass is 645 g/mol. The summed E-state index contributed by atoms with van der Waals surface area (Å²) in [5, 5.41) is 0. The Kier molecular flexibility index (Phi) is 12.5. The second-order valence-electron chi connectivity index (χ2n) is 11.8. The highest BCUT2D eigenvalue weighted by atomic mass is 16.7. The van der Waals surface area contributed by atoms with Crippen molar-refractivity contribution in [1.29, 1.82) is 0 Å². The standard InChI is InChI=1S/C41H43NO6/c42-40(35-24-14-5-15-25-35)48-41-39(46-29-34-22-12-4-13-23-34)38(45-28-33-20-10-3-11-21-33)37(44-27-32-18-8-2-9-19-32)36(47-41)30-43-26-31-16-6-1-7-17-31/h1-25,36-41H,26-30,42H2/t36-,37-,38+,39-,40-,41+/m1/s1. The Morgan fingerprint density at radius 1 is 0.479 bits per heavy atom. The van der Waals surface area contributed by atoms with Crippen molar-refractivity contribution in [3.8, 4) is 0 Å². The summed E-state index contributed by atoms with van der Waals surface area (Å²) in [6, 6.07) is 49.9. The Labute approximate surface area is 283 Å². The summed E-state index contributed by atoms with van der Waals surface area (Å²) in [4.78, 5) is 0. The molecule has 0 unspecified atom stereocenters. The predicted molar refractivity (Wildman–Crippen MR) is 184 cm³/mol. The fraction of sp³-hybridized carbons (Fsp3) is 0.268. The van der Waals surface area contributed by atoms with Crippen LogP contribution in [0.4, 0.5) is 0 Å². The maximum atomic E-state index is 6.78. The minimum absolute atomic E-state index is 0.241. The largest absolute Gasteiger partial charge is 0.374 e. The Morgan fingerprint density at radius 3 is 1.35 bits per heavy atom. The topological polar surface area (TPSA) is 81.4 Å². The maximum Gasteiger partial charge on any atom is 0.189 e. The van der Waals surface area contributed by atoms with Gasteiger partial charge in [-0.1, -0.05) is 152 Å². The molecule has 2 N–H and O–H groups in total. The third-order valence-corrected chi connectivity index (χ3v) is 8.25. The lowest BCUT2D eigenvalue weighted by Gasteiger charge is -2.46. The lowest BCUT2D eigenvalue weighted by Crippen LogP contribution is -2.62. The van der Waals surface area contributed by atoms with Gasteiger partial charge in [-0.15, -0.1) is 0 Å². The van der Waals surface area contributed by atoms with Crippen molar-refractivity contribution in [2.24, 2.45) is 5.73 Å². The van der Waals surface area contributed by atoms with Gasteiger partial charge in [0.15, 0.2) is 6.29 Å². The molecular formula is C41H43NO6. The van der Waals surface area contributed by atoms with Crippen molar-refractivity contribution < 1.29 is 28.4 Å². The molecule has 1 aliphatic heterocycles. The van der Waals surface area contributed by atoms with Gasteiger partial charge in [0, 0.05) is 0 Å². The predicted octanol–water partition coefficient (Wildman–Crippen LogP) is 7.36. The highest BCUT2D eigenvalue weighted by molar-refractivity contribution is 5.18. The van der Waals surface area contributed by atoms with Crippen LogP contribution in [0.2, 0.25) is 0 Å². The lowest BCUT2D eigenvalue weighted by atomic mass is 9.97. The van der Waals surface area contributed by atoms with Gasteiger partial charge in [-0.3, -0.25) is 0 Å². The molecule has 5 aromatic carbocycles. The van der Waals surface area contributed by atoms with Crippen LogP contribution in [-0.4, -0.2) is 37.3 Å². The third-order valence-electron chi connectivity index (χ3n) is 8.25. The second kappa shape index (κ2) is 17.8. The number of hydrogen-bond acceptors (Lipinski definition) is 7. The first-order valence-electron chi connectivity index (χ1n) is 16.4. The van der Waals surface area contributed by atoms with Crippen molar-refractivity contribution in [3.63, 3.8) is 0 Å². The van der Waals surface area contributed by atoms with E-state index in [1.54, 1.807) is 0 Å². The van der Waals surface area contributed by atoms with Gasteiger partial charge >= 0.3 is 0 Å². The van der Waals surface area contributed by atoms with E-state index in [1.807, 2.05) is 152 Å². The number of hydrogen-bond donors (Lipinski definition) is 1. The summed E-state index contributed by atoms with van der Waals surface area (Å²) in [6.07, 6.45) is -4.03. The van der Waals surface area contributed by atoms with Crippen molar-refractivity contribution in [1.82, 2.24) is 0 Å². The van der Waals surface area contributed by atoms with E-state index in [0.717, 1.165) is 27.8 Å². The van der Waals surface area contributed by atoms with Crippen LogP contribution in [0.3, 0.4) is 0 Å². The van der Waals surface area contributed by atoms with Crippen molar-refractivity contribution >= 4 is 0 Å².